The second kappa shape index (κ2) is 6.86. The number of carboxylic acid groups (broad SMARTS) is 1. The van der Waals surface area contributed by atoms with Gasteiger partial charge in [0, 0.05) is 6.42 Å². The molecule has 146 valence electrons. The number of carbonyl (C=O) groups is 5. The zero-order valence-corrected chi connectivity index (χ0v) is 14.9. The van der Waals surface area contributed by atoms with Crippen LogP contribution >= 0.6 is 0 Å². The lowest BCUT2D eigenvalue weighted by molar-refractivity contribution is -0.136. The number of rotatable bonds is 4. The van der Waals surface area contributed by atoms with E-state index >= 15 is 0 Å². The normalized spacial score (nSPS) is 18.5. The van der Waals surface area contributed by atoms with Crippen LogP contribution in [0.3, 0.4) is 0 Å². The van der Waals surface area contributed by atoms with Crippen LogP contribution in [0.4, 0.5) is 0 Å². The Hall–Kier alpha value is -4.01. The molecule has 4 amide bonds. The van der Waals surface area contributed by atoms with Gasteiger partial charge in [0.25, 0.3) is 11.8 Å². The molecule has 2 N–H and O–H groups in total. The average molecular weight is 394 g/mol. The molecule has 0 radical (unpaired) electrons. The second-order valence-corrected chi connectivity index (χ2v) is 6.59. The van der Waals surface area contributed by atoms with E-state index in [2.05, 4.69) is 5.32 Å². The fraction of sp³-hybridized carbons (Fsp3) is 0.150. The van der Waals surface area contributed by atoms with Gasteiger partial charge >= 0.3 is 5.97 Å². The first-order chi connectivity index (χ1) is 13.8. The highest BCUT2D eigenvalue weighted by atomic mass is 16.5. The van der Waals surface area contributed by atoms with Crippen molar-refractivity contribution in [3.63, 3.8) is 0 Å². The predicted octanol–water partition coefficient (Wildman–Crippen LogP) is 1.58. The molecule has 4 rings (SSSR count). The Morgan fingerprint density at radius 3 is 2.28 bits per heavy atom. The summed E-state index contributed by atoms with van der Waals surface area (Å²) in [5.41, 5.74) is 0.347. The molecule has 2 aromatic carbocycles. The number of fused-ring (bicyclic) bond motifs is 1. The van der Waals surface area contributed by atoms with Gasteiger partial charge in [-0.2, -0.15) is 0 Å². The number of aromatic carboxylic acids is 1. The Morgan fingerprint density at radius 1 is 0.966 bits per heavy atom. The van der Waals surface area contributed by atoms with Crippen molar-refractivity contribution in [3.8, 4) is 11.5 Å². The van der Waals surface area contributed by atoms with E-state index in [0.29, 0.717) is 5.75 Å². The van der Waals surface area contributed by atoms with Gasteiger partial charge in [-0.3, -0.25) is 29.4 Å². The van der Waals surface area contributed by atoms with Crippen molar-refractivity contribution in [1.29, 1.82) is 0 Å². The first kappa shape index (κ1) is 18.4. The lowest BCUT2D eigenvalue weighted by atomic mass is 10.0. The van der Waals surface area contributed by atoms with Crippen LogP contribution in [-0.4, -0.2) is 45.6 Å². The number of amides is 4. The molecule has 2 heterocycles. The van der Waals surface area contributed by atoms with Crippen LogP contribution in [0, 0.1) is 0 Å². The van der Waals surface area contributed by atoms with Gasteiger partial charge in [-0.15, -0.1) is 0 Å². The van der Waals surface area contributed by atoms with Crippen LogP contribution < -0.4 is 10.1 Å². The number of carboxylic acids is 1. The number of nitrogens with zero attached hydrogens (tertiary/aromatic N) is 1. The number of nitrogens with one attached hydrogen (secondary N) is 1. The zero-order valence-electron chi connectivity index (χ0n) is 14.9. The van der Waals surface area contributed by atoms with Gasteiger partial charge in [0.2, 0.25) is 11.8 Å². The number of carbonyl (C=O) groups excluding carboxylic acids is 4. The van der Waals surface area contributed by atoms with Gasteiger partial charge in [0.1, 0.15) is 17.5 Å². The molecule has 0 bridgehead atoms. The minimum Gasteiger partial charge on any atom is -0.478 e. The molecule has 1 fully saturated rings. The third-order valence-corrected chi connectivity index (χ3v) is 4.75. The van der Waals surface area contributed by atoms with Crippen LogP contribution in [0.15, 0.2) is 42.5 Å². The topological polar surface area (TPSA) is 130 Å². The molecule has 0 aromatic heterocycles. The summed E-state index contributed by atoms with van der Waals surface area (Å²) in [5, 5.41) is 11.1. The quantitative estimate of drug-likeness (QED) is 0.753. The first-order valence-electron chi connectivity index (χ1n) is 8.72. The summed E-state index contributed by atoms with van der Waals surface area (Å²) in [6.07, 6.45) is 0.125. The number of hydrogen-bond acceptors (Lipinski definition) is 6. The van der Waals surface area contributed by atoms with Gasteiger partial charge in [-0.1, -0.05) is 0 Å². The van der Waals surface area contributed by atoms with Crippen molar-refractivity contribution in [3.05, 3.63) is 59.2 Å². The van der Waals surface area contributed by atoms with E-state index in [1.165, 1.54) is 42.5 Å². The largest absolute Gasteiger partial charge is 0.478 e. The van der Waals surface area contributed by atoms with Crippen molar-refractivity contribution in [1.82, 2.24) is 10.2 Å². The van der Waals surface area contributed by atoms with E-state index < -0.39 is 35.6 Å². The fourth-order valence-corrected chi connectivity index (χ4v) is 3.32. The summed E-state index contributed by atoms with van der Waals surface area (Å²) in [6, 6.07) is 9.00. The maximum absolute atomic E-state index is 12.8. The number of imide groups is 2. The number of benzene rings is 2. The standard InChI is InChI=1S/C20H14N2O7/c23-16-8-7-15(17(24)21-16)22-18(25)13-6-5-12(9-14(13)19(22)26)29-11-3-1-10(2-4-11)20(27)28/h1-6,9,15H,7-8H2,(H,27,28)(H,21,23,24). The zero-order chi connectivity index (χ0) is 20.7. The highest BCUT2D eigenvalue weighted by Gasteiger charge is 2.44. The highest BCUT2D eigenvalue weighted by molar-refractivity contribution is 6.23. The molecule has 9 heteroatoms. The average Bonchev–Trinajstić information content (AvgIpc) is 2.93. The minimum atomic E-state index is -1.06. The van der Waals surface area contributed by atoms with Gasteiger partial charge in [0.15, 0.2) is 0 Å². The summed E-state index contributed by atoms with van der Waals surface area (Å²) in [7, 11) is 0. The Bertz CT molecular complexity index is 1070. The van der Waals surface area contributed by atoms with Gasteiger partial charge < -0.3 is 9.84 Å². The Labute approximate surface area is 163 Å². The third kappa shape index (κ3) is 3.22. The lowest BCUT2D eigenvalue weighted by Crippen LogP contribution is -2.54. The van der Waals surface area contributed by atoms with E-state index in [9.17, 15) is 24.0 Å². The molecule has 2 aromatic rings. The molecule has 0 spiro atoms. The molecule has 29 heavy (non-hydrogen) atoms. The molecule has 2 aliphatic heterocycles. The molecule has 1 unspecified atom stereocenters. The van der Waals surface area contributed by atoms with Crippen LogP contribution in [0.5, 0.6) is 11.5 Å². The fourth-order valence-electron chi connectivity index (χ4n) is 3.32. The third-order valence-electron chi connectivity index (χ3n) is 4.75. The van der Waals surface area contributed by atoms with Gasteiger partial charge in [-0.25, -0.2) is 4.79 Å². The first-order valence-corrected chi connectivity index (χ1v) is 8.72. The van der Waals surface area contributed by atoms with Crippen molar-refractivity contribution in [2.45, 2.75) is 18.9 Å². The molecule has 0 aliphatic carbocycles. The van der Waals surface area contributed by atoms with Crippen molar-refractivity contribution >= 4 is 29.6 Å². The van der Waals surface area contributed by atoms with E-state index in [-0.39, 0.29) is 35.3 Å². The van der Waals surface area contributed by atoms with E-state index in [4.69, 9.17) is 9.84 Å². The van der Waals surface area contributed by atoms with Gasteiger partial charge in [0.05, 0.1) is 16.7 Å². The molecule has 2 aliphatic rings. The molecule has 1 saturated heterocycles. The minimum absolute atomic E-state index is 0.0461. The lowest BCUT2D eigenvalue weighted by Gasteiger charge is -2.27. The highest BCUT2D eigenvalue weighted by Crippen LogP contribution is 2.32. The molecular formula is C20H14N2O7. The molecular weight excluding hydrogens is 380 g/mol. The summed E-state index contributed by atoms with van der Waals surface area (Å²) in [6.45, 7) is 0. The van der Waals surface area contributed by atoms with Crippen LogP contribution in [0.1, 0.15) is 43.9 Å². The summed E-state index contributed by atoms with van der Waals surface area (Å²) >= 11 is 0. The van der Waals surface area contributed by atoms with E-state index in [1.807, 2.05) is 0 Å². The van der Waals surface area contributed by atoms with Crippen molar-refractivity contribution in [2.75, 3.05) is 0 Å². The maximum Gasteiger partial charge on any atom is 0.335 e. The monoisotopic (exact) mass is 394 g/mol. The van der Waals surface area contributed by atoms with E-state index in [1.54, 1.807) is 0 Å². The SMILES string of the molecule is O=C1CCC(N2C(=O)c3ccc(Oc4ccc(C(=O)O)cc4)cc3C2=O)C(=O)N1. The summed E-state index contributed by atoms with van der Waals surface area (Å²) in [5.74, 6) is -2.78. The molecule has 9 nitrogen and oxygen atoms in total. The predicted molar refractivity (Wildman–Crippen MR) is 96.6 cm³/mol. The van der Waals surface area contributed by atoms with Crippen molar-refractivity contribution in [2.24, 2.45) is 0 Å². The Morgan fingerprint density at radius 2 is 1.62 bits per heavy atom. The Kier molecular flexibility index (Phi) is 4.34. The number of hydrogen-bond donors (Lipinski definition) is 2. The smallest absolute Gasteiger partial charge is 0.335 e. The molecule has 0 saturated carbocycles. The second-order valence-electron chi connectivity index (χ2n) is 6.59. The van der Waals surface area contributed by atoms with Crippen molar-refractivity contribution < 1.29 is 33.8 Å². The summed E-state index contributed by atoms with van der Waals surface area (Å²) < 4.78 is 5.64. The Balaban J connectivity index is 1.57. The van der Waals surface area contributed by atoms with Crippen LogP contribution in [-0.2, 0) is 9.59 Å². The summed E-state index contributed by atoms with van der Waals surface area (Å²) in [4.78, 5) is 60.6. The van der Waals surface area contributed by atoms with Gasteiger partial charge in [-0.05, 0) is 48.9 Å². The number of ether oxygens (including phenoxy) is 1. The molecule has 1 atom stereocenters. The van der Waals surface area contributed by atoms with E-state index in [0.717, 1.165) is 4.90 Å². The number of piperidine rings is 1. The van der Waals surface area contributed by atoms with Crippen LogP contribution in [0.25, 0.3) is 0 Å². The van der Waals surface area contributed by atoms with Crippen LogP contribution in [0.2, 0.25) is 0 Å². The maximum atomic E-state index is 12.8.